The van der Waals surface area contributed by atoms with Crippen LogP contribution in [0.2, 0.25) is 0 Å². The number of aliphatic hydroxyl groups excluding tert-OH is 1. The van der Waals surface area contributed by atoms with Gasteiger partial charge >= 0.3 is 0 Å². The van der Waals surface area contributed by atoms with E-state index in [1.54, 1.807) is 0 Å². The molecule has 1 heterocycles. The van der Waals surface area contributed by atoms with Gasteiger partial charge in [-0.15, -0.1) is 0 Å². The molecule has 0 radical (unpaired) electrons. The van der Waals surface area contributed by atoms with Gasteiger partial charge in [0.15, 0.2) is 0 Å². The number of hydrogen-bond acceptors (Lipinski definition) is 2. The summed E-state index contributed by atoms with van der Waals surface area (Å²) in [5.41, 5.74) is 2.94. The summed E-state index contributed by atoms with van der Waals surface area (Å²) in [6.07, 6.45) is 1.81. The van der Waals surface area contributed by atoms with Gasteiger partial charge in [0.2, 0.25) is 0 Å². The molecule has 1 aliphatic heterocycles. The Kier molecular flexibility index (Phi) is 4.02. The summed E-state index contributed by atoms with van der Waals surface area (Å²) in [5, 5.41) is 8.95. The zero-order valence-corrected chi connectivity index (χ0v) is 11.1. The van der Waals surface area contributed by atoms with Crippen molar-refractivity contribution in [1.29, 1.82) is 0 Å². The second-order valence-electron chi connectivity index (χ2n) is 5.18. The summed E-state index contributed by atoms with van der Waals surface area (Å²) in [6, 6.07) is 5.96. The fourth-order valence-electron chi connectivity index (χ4n) is 2.75. The predicted molar refractivity (Wildman–Crippen MR) is 71.6 cm³/mol. The summed E-state index contributed by atoms with van der Waals surface area (Å²) < 4.78 is 0. The monoisotopic (exact) mass is 247 g/mol. The maximum Gasteiger partial charge on any atom is 0.254 e. The quantitative estimate of drug-likeness (QED) is 0.889. The average molecular weight is 247 g/mol. The normalized spacial score (nSPS) is 19.3. The van der Waals surface area contributed by atoms with E-state index in [1.165, 1.54) is 0 Å². The van der Waals surface area contributed by atoms with Crippen molar-refractivity contribution in [2.45, 2.75) is 26.7 Å². The Morgan fingerprint density at radius 1 is 1.39 bits per heavy atom. The molecule has 3 nitrogen and oxygen atoms in total. The lowest BCUT2D eigenvalue weighted by atomic mass is 10.0. The van der Waals surface area contributed by atoms with Crippen LogP contribution in [0.15, 0.2) is 18.2 Å². The average Bonchev–Trinajstić information content (AvgIpc) is 2.78. The third kappa shape index (κ3) is 2.56. The number of nitrogens with zero attached hydrogens (tertiary/aromatic N) is 1. The van der Waals surface area contributed by atoms with E-state index in [1.807, 2.05) is 36.9 Å². The zero-order chi connectivity index (χ0) is 13.1. The maximum absolute atomic E-state index is 12.5. The molecule has 18 heavy (non-hydrogen) atoms. The summed E-state index contributed by atoms with van der Waals surface area (Å²) >= 11 is 0. The molecule has 1 atom stereocenters. The largest absolute Gasteiger partial charge is 0.396 e. The second kappa shape index (κ2) is 5.53. The number of rotatable bonds is 3. The van der Waals surface area contributed by atoms with Crippen molar-refractivity contribution >= 4 is 5.91 Å². The van der Waals surface area contributed by atoms with Crippen molar-refractivity contribution in [3.05, 3.63) is 34.9 Å². The first-order valence-electron chi connectivity index (χ1n) is 6.60. The number of aryl methyl sites for hydroxylation is 2. The van der Waals surface area contributed by atoms with Gasteiger partial charge in [-0.05, 0) is 43.7 Å². The van der Waals surface area contributed by atoms with E-state index in [4.69, 9.17) is 5.11 Å². The molecule has 2 rings (SSSR count). The van der Waals surface area contributed by atoms with Crippen LogP contribution in [0.25, 0.3) is 0 Å². The van der Waals surface area contributed by atoms with Gasteiger partial charge in [-0.2, -0.15) is 0 Å². The third-order valence-corrected chi connectivity index (χ3v) is 3.81. The summed E-state index contributed by atoms with van der Waals surface area (Å²) in [7, 11) is 0. The van der Waals surface area contributed by atoms with Gasteiger partial charge in [0.25, 0.3) is 5.91 Å². The molecular weight excluding hydrogens is 226 g/mol. The van der Waals surface area contributed by atoms with Gasteiger partial charge in [-0.1, -0.05) is 18.2 Å². The van der Waals surface area contributed by atoms with Gasteiger partial charge in [0.1, 0.15) is 0 Å². The molecule has 1 saturated heterocycles. The Labute approximate surface area is 108 Å². The first-order chi connectivity index (χ1) is 8.63. The van der Waals surface area contributed by atoms with Crippen molar-refractivity contribution < 1.29 is 9.90 Å². The van der Waals surface area contributed by atoms with Crippen molar-refractivity contribution in [3.8, 4) is 0 Å². The Bertz CT molecular complexity index is 422. The van der Waals surface area contributed by atoms with Gasteiger partial charge in [0, 0.05) is 25.3 Å². The van der Waals surface area contributed by atoms with E-state index >= 15 is 0 Å². The Morgan fingerprint density at radius 2 is 2.06 bits per heavy atom. The number of aliphatic hydroxyl groups is 1. The number of carbonyl (C=O) groups is 1. The first kappa shape index (κ1) is 13.1. The fourth-order valence-corrected chi connectivity index (χ4v) is 2.75. The van der Waals surface area contributed by atoms with E-state index in [9.17, 15) is 4.79 Å². The molecule has 0 aliphatic carbocycles. The van der Waals surface area contributed by atoms with Gasteiger partial charge in [-0.3, -0.25) is 4.79 Å². The Morgan fingerprint density at radius 3 is 2.67 bits per heavy atom. The minimum Gasteiger partial charge on any atom is -0.396 e. The fraction of sp³-hybridized carbons (Fsp3) is 0.533. The number of amides is 1. The van der Waals surface area contributed by atoms with Gasteiger partial charge in [-0.25, -0.2) is 0 Å². The van der Waals surface area contributed by atoms with E-state index in [-0.39, 0.29) is 12.5 Å². The maximum atomic E-state index is 12.5. The van der Waals surface area contributed by atoms with Gasteiger partial charge < -0.3 is 10.0 Å². The molecule has 1 N–H and O–H groups in total. The van der Waals surface area contributed by atoms with Crippen LogP contribution in [-0.4, -0.2) is 35.6 Å². The van der Waals surface area contributed by atoms with Crippen molar-refractivity contribution in [1.82, 2.24) is 4.90 Å². The molecule has 1 fully saturated rings. The van der Waals surface area contributed by atoms with Crippen LogP contribution in [0.1, 0.15) is 34.3 Å². The molecule has 0 spiro atoms. The van der Waals surface area contributed by atoms with Crippen LogP contribution >= 0.6 is 0 Å². The molecule has 1 unspecified atom stereocenters. The van der Waals surface area contributed by atoms with E-state index < -0.39 is 0 Å². The number of likely N-dealkylation sites (tertiary alicyclic amines) is 1. The SMILES string of the molecule is Cc1cccc(C)c1C(=O)N1CCC(CCO)C1. The number of hydrogen-bond donors (Lipinski definition) is 1. The van der Waals surface area contributed by atoms with Crippen LogP contribution < -0.4 is 0 Å². The number of benzene rings is 1. The lowest BCUT2D eigenvalue weighted by Crippen LogP contribution is -2.30. The van der Waals surface area contributed by atoms with Crippen molar-refractivity contribution in [2.24, 2.45) is 5.92 Å². The highest BCUT2D eigenvalue weighted by molar-refractivity contribution is 5.97. The molecule has 1 aliphatic rings. The number of carbonyl (C=O) groups excluding carboxylic acids is 1. The first-order valence-corrected chi connectivity index (χ1v) is 6.60. The molecule has 3 heteroatoms. The van der Waals surface area contributed by atoms with Crippen LogP contribution in [0, 0.1) is 19.8 Å². The van der Waals surface area contributed by atoms with Gasteiger partial charge in [0.05, 0.1) is 0 Å². The molecule has 0 bridgehead atoms. The minimum atomic E-state index is 0.144. The molecular formula is C15H21NO2. The van der Waals surface area contributed by atoms with Crippen molar-refractivity contribution in [2.75, 3.05) is 19.7 Å². The van der Waals surface area contributed by atoms with Crippen LogP contribution in [0.3, 0.4) is 0 Å². The van der Waals surface area contributed by atoms with E-state index in [0.29, 0.717) is 5.92 Å². The molecule has 1 amide bonds. The predicted octanol–water partition coefficient (Wildman–Crippen LogP) is 2.15. The van der Waals surface area contributed by atoms with Crippen molar-refractivity contribution in [3.63, 3.8) is 0 Å². The minimum absolute atomic E-state index is 0.144. The molecule has 0 saturated carbocycles. The molecule has 1 aromatic carbocycles. The standard InChI is InChI=1S/C15H21NO2/c1-11-4-3-5-12(2)14(11)15(18)16-8-6-13(10-16)7-9-17/h3-5,13,17H,6-10H2,1-2H3. The van der Waals surface area contributed by atoms with E-state index in [2.05, 4.69) is 0 Å². The third-order valence-electron chi connectivity index (χ3n) is 3.81. The highest BCUT2D eigenvalue weighted by Crippen LogP contribution is 2.23. The smallest absolute Gasteiger partial charge is 0.254 e. The van der Waals surface area contributed by atoms with Crippen LogP contribution in [0.4, 0.5) is 0 Å². The van der Waals surface area contributed by atoms with E-state index in [0.717, 1.165) is 42.6 Å². The molecule has 98 valence electrons. The van der Waals surface area contributed by atoms with Crippen LogP contribution in [-0.2, 0) is 0 Å². The molecule has 1 aromatic rings. The topological polar surface area (TPSA) is 40.5 Å². The Hall–Kier alpha value is -1.35. The highest BCUT2D eigenvalue weighted by atomic mass is 16.3. The summed E-state index contributed by atoms with van der Waals surface area (Å²) in [4.78, 5) is 14.4. The Balaban J connectivity index is 2.13. The summed E-state index contributed by atoms with van der Waals surface area (Å²) in [5.74, 6) is 0.606. The van der Waals surface area contributed by atoms with Crippen LogP contribution in [0.5, 0.6) is 0 Å². The second-order valence-corrected chi connectivity index (χ2v) is 5.18. The lowest BCUT2D eigenvalue weighted by molar-refractivity contribution is 0.0783. The molecule has 0 aromatic heterocycles. The zero-order valence-electron chi connectivity index (χ0n) is 11.1. The summed E-state index contributed by atoms with van der Waals surface area (Å²) in [6.45, 7) is 5.80. The highest BCUT2D eigenvalue weighted by Gasteiger charge is 2.27. The lowest BCUT2D eigenvalue weighted by Gasteiger charge is -2.19.